The van der Waals surface area contributed by atoms with Crippen LogP contribution in [0.3, 0.4) is 0 Å². The molecule has 6 heteroatoms. The molecule has 1 atom stereocenters. The number of anilines is 1. The lowest BCUT2D eigenvalue weighted by Crippen LogP contribution is -2.25. The monoisotopic (exact) mass is 365 g/mol. The first-order valence-electron chi connectivity index (χ1n) is 8.52. The Kier molecular flexibility index (Phi) is 4.12. The molecular formula is C20H19N3O2S. The Balaban J connectivity index is 1.85. The van der Waals surface area contributed by atoms with Crippen LogP contribution in [-0.4, -0.2) is 20.9 Å². The number of aromatic nitrogens is 2. The van der Waals surface area contributed by atoms with Crippen molar-refractivity contribution in [3.8, 4) is 0 Å². The number of aliphatic hydroxyl groups is 1. The Morgan fingerprint density at radius 1 is 1.42 bits per heavy atom. The maximum absolute atomic E-state index is 12.8. The number of H-pyrrole nitrogens is 1. The molecule has 5 nitrogen and oxygen atoms in total. The smallest absolute Gasteiger partial charge is 0.165 e. The van der Waals surface area contributed by atoms with E-state index in [0.717, 1.165) is 28.7 Å². The van der Waals surface area contributed by atoms with Crippen molar-refractivity contribution in [3.05, 3.63) is 70.5 Å². The Morgan fingerprint density at radius 2 is 2.27 bits per heavy atom. The van der Waals surface area contributed by atoms with E-state index in [1.807, 2.05) is 46.8 Å². The van der Waals surface area contributed by atoms with Crippen LogP contribution < -0.4 is 4.90 Å². The van der Waals surface area contributed by atoms with Gasteiger partial charge in [0.25, 0.3) is 0 Å². The fourth-order valence-corrected chi connectivity index (χ4v) is 4.13. The van der Waals surface area contributed by atoms with Crippen molar-refractivity contribution in [2.75, 3.05) is 4.90 Å². The first-order valence-corrected chi connectivity index (χ1v) is 9.46. The van der Waals surface area contributed by atoms with E-state index in [9.17, 15) is 9.90 Å². The number of imidazole rings is 1. The number of hydrogen-bond donors (Lipinski definition) is 2. The van der Waals surface area contributed by atoms with Crippen molar-refractivity contribution in [1.82, 2.24) is 9.97 Å². The molecule has 4 rings (SSSR count). The summed E-state index contributed by atoms with van der Waals surface area (Å²) in [5.41, 5.74) is 4.47. The van der Waals surface area contributed by atoms with Crippen LogP contribution in [0.5, 0.6) is 0 Å². The van der Waals surface area contributed by atoms with Crippen LogP contribution in [0.2, 0.25) is 0 Å². The SMILES string of the molecule is C=C1C(O)=C(C(=O)CCC)C(c2ccsc2)N1c1ccc2nc[nH]c2c1. The van der Waals surface area contributed by atoms with Gasteiger partial charge in [-0.1, -0.05) is 13.5 Å². The molecule has 0 bridgehead atoms. The molecule has 26 heavy (non-hydrogen) atoms. The summed E-state index contributed by atoms with van der Waals surface area (Å²) in [7, 11) is 0. The summed E-state index contributed by atoms with van der Waals surface area (Å²) in [6.07, 6.45) is 2.79. The standard InChI is InChI=1S/C20H19N3O2S/c1-3-4-17(24)18-19(13-7-8-26-10-13)23(12(2)20(18)25)14-5-6-15-16(9-14)22-11-21-15/h5-11,19,25H,2-4H2,1H3,(H,21,22). The molecule has 0 fully saturated rings. The van der Waals surface area contributed by atoms with Gasteiger partial charge in [0, 0.05) is 12.1 Å². The van der Waals surface area contributed by atoms with E-state index in [-0.39, 0.29) is 17.6 Å². The summed E-state index contributed by atoms with van der Waals surface area (Å²) in [4.78, 5) is 22.0. The maximum Gasteiger partial charge on any atom is 0.165 e. The lowest BCUT2D eigenvalue weighted by Gasteiger charge is -2.28. The Bertz CT molecular complexity index is 1020. The molecule has 3 aromatic rings. The number of aliphatic hydroxyl groups excluding tert-OH is 1. The molecule has 2 aromatic heterocycles. The molecule has 0 saturated carbocycles. The third-order valence-corrected chi connectivity index (χ3v) is 5.37. The van der Waals surface area contributed by atoms with Gasteiger partial charge in [-0.05, 0) is 47.0 Å². The van der Waals surface area contributed by atoms with E-state index >= 15 is 0 Å². The van der Waals surface area contributed by atoms with Gasteiger partial charge < -0.3 is 15.0 Å². The van der Waals surface area contributed by atoms with Gasteiger partial charge in [0.05, 0.1) is 34.7 Å². The van der Waals surface area contributed by atoms with Gasteiger partial charge in [-0.25, -0.2) is 4.98 Å². The predicted octanol–water partition coefficient (Wildman–Crippen LogP) is 4.88. The van der Waals surface area contributed by atoms with Crippen LogP contribution in [0.15, 0.2) is 65.0 Å². The highest BCUT2D eigenvalue weighted by Crippen LogP contribution is 2.46. The lowest BCUT2D eigenvalue weighted by atomic mass is 9.96. The normalized spacial score (nSPS) is 17.5. The van der Waals surface area contributed by atoms with Crippen LogP contribution in [0, 0.1) is 0 Å². The lowest BCUT2D eigenvalue weighted by molar-refractivity contribution is -0.115. The zero-order valence-electron chi connectivity index (χ0n) is 14.4. The Morgan fingerprint density at radius 3 is 3.00 bits per heavy atom. The molecule has 1 aromatic carbocycles. The number of ketones is 1. The Labute approximate surface area is 155 Å². The van der Waals surface area contributed by atoms with Crippen molar-refractivity contribution >= 4 is 33.8 Å². The second kappa shape index (κ2) is 6.46. The fourth-order valence-electron chi connectivity index (χ4n) is 3.45. The first kappa shape index (κ1) is 16.6. The largest absolute Gasteiger partial charge is 0.505 e. The number of hydrogen-bond acceptors (Lipinski definition) is 5. The summed E-state index contributed by atoms with van der Waals surface area (Å²) in [6.45, 7) is 6.02. The summed E-state index contributed by atoms with van der Waals surface area (Å²) < 4.78 is 0. The summed E-state index contributed by atoms with van der Waals surface area (Å²) in [6, 6.07) is 7.44. The number of carbonyl (C=O) groups excluding carboxylic acids is 1. The van der Waals surface area contributed by atoms with Gasteiger partial charge in [0.1, 0.15) is 5.76 Å². The third kappa shape index (κ3) is 2.54. The van der Waals surface area contributed by atoms with Gasteiger partial charge >= 0.3 is 0 Å². The minimum Gasteiger partial charge on any atom is -0.505 e. The molecule has 0 saturated heterocycles. The second-order valence-electron chi connectivity index (χ2n) is 6.32. The van der Waals surface area contributed by atoms with E-state index in [1.165, 1.54) is 0 Å². The van der Waals surface area contributed by atoms with Crippen molar-refractivity contribution < 1.29 is 9.90 Å². The van der Waals surface area contributed by atoms with Crippen LogP contribution in [0.25, 0.3) is 11.0 Å². The van der Waals surface area contributed by atoms with Gasteiger partial charge in [0.2, 0.25) is 0 Å². The van der Waals surface area contributed by atoms with Gasteiger partial charge in [-0.2, -0.15) is 11.3 Å². The molecule has 3 heterocycles. The van der Waals surface area contributed by atoms with Crippen LogP contribution >= 0.6 is 11.3 Å². The molecule has 2 N–H and O–H groups in total. The van der Waals surface area contributed by atoms with Crippen molar-refractivity contribution in [2.24, 2.45) is 0 Å². The summed E-state index contributed by atoms with van der Waals surface area (Å²) >= 11 is 1.57. The van der Waals surface area contributed by atoms with E-state index in [1.54, 1.807) is 17.7 Å². The number of carbonyl (C=O) groups is 1. The Hall–Kier alpha value is -2.86. The number of aromatic amines is 1. The second-order valence-corrected chi connectivity index (χ2v) is 7.10. The molecule has 0 aliphatic carbocycles. The van der Waals surface area contributed by atoms with E-state index in [0.29, 0.717) is 17.7 Å². The van der Waals surface area contributed by atoms with Crippen molar-refractivity contribution in [1.29, 1.82) is 0 Å². The number of nitrogens with one attached hydrogen (secondary N) is 1. The number of Topliss-reactive ketones (excluding diaryl/α,β-unsaturated/α-hetero) is 1. The quantitative estimate of drug-likeness (QED) is 0.676. The molecule has 1 aliphatic heterocycles. The zero-order chi connectivity index (χ0) is 18.3. The number of benzene rings is 1. The summed E-state index contributed by atoms with van der Waals surface area (Å²) in [5, 5.41) is 14.7. The predicted molar refractivity (Wildman–Crippen MR) is 104 cm³/mol. The summed E-state index contributed by atoms with van der Waals surface area (Å²) in [5.74, 6) is -0.0446. The highest BCUT2D eigenvalue weighted by atomic mass is 32.1. The zero-order valence-corrected chi connectivity index (χ0v) is 15.2. The molecule has 0 spiro atoms. The molecular weight excluding hydrogens is 346 g/mol. The number of nitrogens with zero attached hydrogens (tertiary/aromatic N) is 2. The van der Waals surface area contributed by atoms with Crippen LogP contribution in [-0.2, 0) is 4.79 Å². The molecule has 132 valence electrons. The number of thiophene rings is 1. The van der Waals surface area contributed by atoms with E-state index < -0.39 is 0 Å². The van der Waals surface area contributed by atoms with Crippen molar-refractivity contribution in [3.63, 3.8) is 0 Å². The third-order valence-electron chi connectivity index (χ3n) is 4.67. The highest BCUT2D eigenvalue weighted by molar-refractivity contribution is 7.08. The minimum absolute atomic E-state index is 0.00985. The fraction of sp³-hybridized carbons (Fsp3) is 0.200. The van der Waals surface area contributed by atoms with Crippen LogP contribution in [0.4, 0.5) is 5.69 Å². The van der Waals surface area contributed by atoms with Crippen LogP contribution in [0.1, 0.15) is 31.4 Å². The molecule has 1 unspecified atom stereocenters. The van der Waals surface area contributed by atoms with Gasteiger partial charge in [0.15, 0.2) is 5.78 Å². The van der Waals surface area contributed by atoms with Gasteiger partial charge in [-0.15, -0.1) is 0 Å². The van der Waals surface area contributed by atoms with E-state index in [4.69, 9.17) is 0 Å². The minimum atomic E-state index is -0.367. The maximum atomic E-state index is 12.8. The topological polar surface area (TPSA) is 69.2 Å². The van der Waals surface area contributed by atoms with Crippen molar-refractivity contribution in [2.45, 2.75) is 25.8 Å². The average Bonchev–Trinajstić information content (AvgIpc) is 3.35. The van der Waals surface area contributed by atoms with E-state index in [2.05, 4.69) is 16.5 Å². The average molecular weight is 365 g/mol. The number of fused-ring (bicyclic) bond motifs is 1. The first-order chi connectivity index (χ1) is 12.6. The highest BCUT2D eigenvalue weighted by Gasteiger charge is 2.40. The van der Waals surface area contributed by atoms with Gasteiger partial charge in [-0.3, -0.25) is 4.79 Å². The molecule has 0 radical (unpaired) electrons. The number of rotatable bonds is 5. The molecule has 1 aliphatic rings. The molecule has 0 amide bonds.